The molecule has 0 aliphatic carbocycles. The van der Waals surface area contributed by atoms with Gasteiger partial charge < -0.3 is 5.73 Å². The number of rotatable bonds is 3. The van der Waals surface area contributed by atoms with Gasteiger partial charge in [0.15, 0.2) is 0 Å². The average Bonchev–Trinajstić information content (AvgIpc) is 2.23. The quantitative estimate of drug-likeness (QED) is 0.612. The summed E-state index contributed by atoms with van der Waals surface area (Å²) in [6.45, 7) is 11.1. The second-order valence-electron chi connectivity index (χ2n) is 5.47. The number of nitrogens with two attached hydrogens (primary N) is 1. The predicted molar refractivity (Wildman–Crippen MR) is 69.1 cm³/mol. The van der Waals surface area contributed by atoms with Crippen LogP contribution < -0.4 is 16.4 Å². The minimum atomic E-state index is -0.211. The summed E-state index contributed by atoms with van der Waals surface area (Å²) in [6, 6.07) is 0. The Morgan fingerprint density at radius 3 is 2.62 bits per heavy atom. The molecule has 0 fully saturated rings. The molecule has 0 radical (unpaired) electrons. The first-order valence-electron chi connectivity index (χ1n) is 5.93. The lowest BCUT2D eigenvalue weighted by atomic mass is 10.0. The third-order valence-corrected chi connectivity index (χ3v) is 3.11. The van der Waals surface area contributed by atoms with Crippen molar-refractivity contribution in [1.82, 2.24) is 15.5 Å². The Morgan fingerprint density at radius 2 is 2.06 bits per heavy atom. The predicted octanol–water partition coefficient (Wildman–Crippen LogP) is 0.468. The third-order valence-electron chi connectivity index (χ3n) is 3.11. The average molecular weight is 226 g/mol. The first-order valence-corrected chi connectivity index (χ1v) is 5.93. The van der Waals surface area contributed by atoms with E-state index in [-0.39, 0.29) is 11.3 Å². The highest BCUT2D eigenvalue weighted by Crippen LogP contribution is 2.18. The van der Waals surface area contributed by atoms with E-state index in [1.54, 1.807) is 0 Å². The summed E-state index contributed by atoms with van der Waals surface area (Å²) in [5.74, 6) is -0.211. The van der Waals surface area contributed by atoms with E-state index in [0.717, 1.165) is 13.1 Å². The van der Waals surface area contributed by atoms with Crippen molar-refractivity contribution in [2.24, 2.45) is 5.73 Å². The molecule has 0 aromatic heterocycles. The Balaban J connectivity index is 2.84. The Hall–Kier alpha value is -0.420. The largest absolute Gasteiger partial charge is 0.329 e. The highest BCUT2D eigenvalue weighted by molar-refractivity contribution is 5.15. The Bertz CT molecular complexity index is 272. The van der Waals surface area contributed by atoms with Crippen molar-refractivity contribution in [3.05, 3.63) is 11.6 Å². The van der Waals surface area contributed by atoms with Crippen LogP contribution in [0.4, 0.5) is 0 Å². The van der Waals surface area contributed by atoms with Gasteiger partial charge in [-0.25, -0.2) is 0 Å². The van der Waals surface area contributed by atoms with Crippen molar-refractivity contribution < 1.29 is 0 Å². The lowest BCUT2D eigenvalue weighted by Crippen LogP contribution is -2.68. The fraction of sp³-hybridized carbons (Fsp3) is 0.833. The smallest absolute Gasteiger partial charge is 0.123 e. The van der Waals surface area contributed by atoms with Gasteiger partial charge in [0, 0.05) is 25.2 Å². The maximum atomic E-state index is 5.62. The van der Waals surface area contributed by atoms with Gasteiger partial charge in [-0.05, 0) is 34.7 Å². The molecule has 0 amide bonds. The molecule has 94 valence electrons. The summed E-state index contributed by atoms with van der Waals surface area (Å²) in [4.78, 5) is 2.22. The molecule has 0 bridgehead atoms. The Kier molecular flexibility index (Phi) is 4.12. The Morgan fingerprint density at radius 1 is 1.44 bits per heavy atom. The van der Waals surface area contributed by atoms with Crippen LogP contribution in [0.25, 0.3) is 0 Å². The standard InChI is InChI=1S/C12H26N4/c1-10-8-11(2,3)15-12(4,14-9-10)16(5)7-6-13/h8,14-15H,6-7,9,13H2,1-5H3/t12-/m0/s1. The molecule has 1 aliphatic heterocycles. The van der Waals surface area contributed by atoms with Crippen LogP contribution in [0.15, 0.2) is 11.6 Å². The van der Waals surface area contributed by atoms with E-state index in [1.165, 1.54) is 5.57 Å². The number of hydrogen-bond acceptors (Lipinski definition) is 4. The normalized spacial score (nSPS) is 30.1. The number of likely N-dealkylation sites (N-methyl/N-ethyl adjacent to an activating group) is 1. The SMILES string of the molecule is CC1=CC(C)(C)N[C@@](C)(N(C)CCN)NC1. The van der Waals surface area contributed by atoms with Gasteiger partial charge >= 0.3 is 0 Å². The molecule has 0 aromatic carbocycles. The number of nitrogens with one attached hydrogen (secondary N) is 2. The van der Waals surface area contributed by atoms with Crippen molar-refractivity contribution >= 4 is 0 Å². The van der Waals surface area contributed by atoms with Gasteiger partial charge in [-0.15, -0.1) is 0 Å². The van der Waals surface area contributed by atoms with Crippen LogP contribution >= 0.6 is 0 Å². The zero-order chi connectivity index (χ0) is 12.4. The van der Waals surface area contributed by atoms with Crippen molar-refractivity contribution in [3.8, 4) is 0 Å². The first-order chi connectivity index (χ1) is 7.29. The second kappa shape index (κ2) is 4.84. The monoisotopic (exact) mass is 226 g/mol. The molecule has 1 aliphatic rings. The molecule has 4 heteroatoms. The lowest BCUT2D eigenvalue weighted by Gasteiger charge is -2.43. The van der Waals surface area contributed by atoms with Gasteiger partial charge in [-0.2, -0.15) is 0 Å². The fourth-order valence-corrected chi connectivity index (χ4v) is 2.33. The van der Waals surface area contributed by atoms with Crippen LogP contribution in [0.5, 0.6) is 0 Å². The molecule has 4 nitrogen and oxygen atoms in total. The van der Waals surface area contributed by atoms with E-state index in [1.807, 2.05) is 0 Å². The lowest BCUT2D eigenvalue weighted by molar-refractivity contribution is 0.0516. The van der Waals surface area contributed by atoms with E-state index in [4.69, 9.17) is 5.73 Å². The van der Waals surface area contributed by atoms with Crippen LogP contribution in [0.3, 0.4) is 0 Å². The number of hydrogen-bond donors (Lipinski definition) is 3. The second-order valence-corrected chi connectivity index (χ2v) is 5.47. The molecule has 0 unspecified atom stereocenters. The van der Waals surface area contributed by atoms with Crippen LogP contribution in [0, 0.1) is 0 Å². The minimum Gasteiger partial charge on any atom is -0.329 e. The molecule has 16 heavy (non-hydrogen) atoms. The van der Waals surface area contributed by atoms with E-state index >= 15 is 0 Å². The van der Waals surface area contributed by atoms with Gasteiger partial charge in [0.1, 0.15) is 5.79 Å². The van der Waals surface area contributed by atoms with E-state index in [9.17, 15) is 0 Å². The molecule has 0 spiro atoms. The summed E-state index contributed by atoms with van der Waals surface area (Å²) in [5, 5.41) is 7.17. The van der Waals surface area contributed by atoms with Crippen molar-refractivity contribution in [2.45, 2.75) is 39.0 Å². The first kappa shape index (κ1) is 13.6. The summed E-state index contributed by atoms with van der Waals surface area (Å²) >= 11 is 0. The van der Waals surface area contributed by atoms with Crippen molar-refractivity contribution in [2.75, 3.05) is 26.7 Å². The molecule has 4 N–H and O–H groups in total. The molecule has 0 aromatic rings. The van der Waals surface area contributed by atoms with Crippen molar-refractivity contribution in [3.63, 3.8) is 0 Å². The molecule has 1 heterocycles. The van der Waals surface area contributed by atoms with Gasteiger partial charge in [-0.1, -0.05) is 11.6 Å². The summed E-state index contributed by atoms with van der Waals surface area (Å²) in [7, 11) is 2.09. The van der Waals surface area contributed by atoms with E-state index in [2.05, 4.69) is 56.4 Å². The zero-order valence-electron chi connectivity index (χ0n) is 11.2. The molecule has 1 rings (SSSR count). The molecule has 0 saturated heterocycles. The highest BCUT2D eigenvalue weighted by Gasteiger charge is 2.35. The summed E-state index contributed by atoms with van der Waals surface area (Å²) in [5.41, 5.74) is 6.97. The molecule has 1 atom stereocenters. The fourth-order valence-electron chi connectivity index (χ4n) is 2.33. The maximum Gasteiger partial charge on any atom is 0.123 e. The topological polar surface area (TPSA) is 53.3 Å². The van der Waals surface area contributed by atoms with E-state index < -0.39 is 0 Å². The van der Waals surface area contributed by atoms with Crippen LogP contribution in [-0.2, 0) is 0 Å². The highest BCUT2D eigenvalue weighted by atomic mass is 15.4. The van der Waals surface area contributed by atoms with Crippen LogP contribution in [0.1, 0.15) is 27.7 Å². The molecular weight excluding hydrogens is 200 g/mol. The van der Waals surface area contributed by atoms with Gasteiger partial charge in [0.25, 0.3) is 0 Å². The van der Waals surface area contributed by atoms with Gasteiger partial charge in [0.2, 0.25) is 0 Å². The number of nitrogens with zero attached hydrogens (tertiary/aromatic N) is 1. The third kappa shape index (κ3) is 3.28. The molecule has 0 saturated carbocycles. The zero-order valence-corrected chi connectivity index (χ0v) is 11.2. The van der Waals surface area contributed by atoms with Crippen LogP contribution in [-0.4, -0.2) is 42.9 Å². The van der Waals surface area contributed by atoms with Gasteiger partial charge in [-0.3, -0.25) is 15.5 Å². The van der Waals surface area contributed by atoms with Crippen molar-refractivity contribution in [1.29, 1.82) is 0 Å². The minimum absolute atomic E-state index is 0.00874. The summed E-state index contributed by atoms with van der Waals surface area (Å²) < 4.78 is 0. The van der Waals surface area contributed by atoms with E-state index in [0.29, 0.717) is 6.54 Å². The summed E-state index contributed by atoms with van der Waals surface area (Å²) in [6.07, 6.45) is 2.28. The maximum absolute atomic E-state index is 5.62. The molecular formula is C12H26N4. The van der Waals surface area contributed by atoms with Gasteiger partial charge in [0.05, 0.1) is 0 Å². The van der Waals surface area contributed by atoms with Crippen LogP contribution in [0.2, 0.25) is 0 Å². The Labute approximate surface area is 99.3 Å².